The third-order valence-corrected chi connectivity index (χ3v) is 3.41. The summed E-state index contributed by atoms with van der Waals surface area (Å²) in [4.78, 5) is 0. The van der Waals surface area contributed by atoms with Gasteiger partial charge in [0.2, 0.25) is 5.41 Å². The third-order valence-electron chi connectivity index (χ3n) is 3.41. The minimum absolute atomic E-state index is 6.78. The molecule has 0 aromatic rings. The first kappa shape index (κ1) is 29.5. The monoisotopic (exact) mass is 519 g/mol. The molecule has 0 heterocycles. The molecule has 0 atom stereocenters. The van der Waals surface area contributed by atoms with Gasteiger partial charge in [-0.3, -0.25) is 0 Å². The Morgan fingerprint density at radius 2 is 0.581 bits per heavy atom. The van der Waals surface area contributed by atoms with Gasteiger partial charge in [0.1, 0.15) is 0 Å². The third kappa shape index (κ3) is 4.04. The van der Waals surface area contributed by atoms with E-state index in [9.17, 15) is 92.2 Å². The van der Waals surface area contributed by atoms with Crippen molar-refractivity contribution in [2.45, 2.75) is 48.6 Å². The summed E-state index contributed by atoms with van der Waals surface area (Å²) < 4.78 is 268. The van der Waals surface area contributed by atoms with E-state index in [1.165, 1.54) is 0 Å². The summed E-state index contributed by atoms with van der Waals surface area (Å²) in [5.41, 5.74) is -9.55. The molecule has 1 radical (unpaired) electrons. The van der Waals surface area contributed by atoms with Gasteiger partial charge in [-0.15, -0.1) is 0 Å². The fraction of sp³-hybridized carbons (Fsp3) is 0.900. The minimum atomic E-state index is -9.55. The van der Waals surface area contributed by atoms with Crippen LogP contribution < -0.4 is 0 Å². The van der Waals surface area contributed by atoms with Crippen LogP contribution in [0.3, 0.4) is 0 Å². The van der Waals surface area contributed by atoms with Gasteiger partial charge in [0.15, 0.2) is 5.92 Å². The van der Waals surface area contributed by atoms with Crippen LogP contribution in [0.15, 0.2) is 0 Å². The predicted octanol–water partition coefficient (Wildman–Crippen LogP) is 7.26. The Hall–Kier alpha value is -1.47. The lowest BCUT2D eigenvalue weighted by Crippen LogP contribution is -2.78. The van der Waals surface area contributed by atoms with Gasteiger partial charge < -0.3 is 0 Å². The second-order valence-corrected chi connectivity index (χ2v) is 5.34. The van der Waals surface area contributed by atoms with Crippen LogP contribution in [-0.4, -0.2) is 48.6 Å². The summed E-state index contributed by atoms with van der Waals surface area (Å²) in [7, 11) is 0. The van der Waals surface area contributed by atoms with Crippen molar-refractivity contribution < 1.29 is 92.2 Å². The molecule has 0 bridgehead atoms. The lowest BCUT2D eigenvalue weighted by atomic mass is 9.61. The largest absolute Gasteiger partial charge is 0.454 e. The first-order valence-electron chi connectivity index (χ1n) is 6.22. The molecule has 0 saturated heterocycles. The second-order valence-electron chi connectivity index (χ2n) is 5.34. The molecule has 0 aliphatic carbocycles. The average Bonchev–Trinajstić information content (AvgIpc) is 2.36. The Kier molecular flexibility index (Phi) is 6.68. The summed E-state index contributed by atoms with van der Waals surface area (Å²) in [6.07, 6.45) is -43.2. The van der Waals surface area contributed by atoms with E-state index in [1.807, 2.05) is 0 Å². The minimum Gasteiger partial charge on any atom is -0.195 e. The Morgan fingerprint density at radius 3 is 0.710 bits per heavy atom. The van der Waals surface area contributed by atoms with Crippen molar-refractivity contribution in [1.29, 1.82) is 0 Å². The highest BCUT2D eigenvalue weighted by atomic mass is 19.4. The van der Waals surface area contributed by atoms with Gasteiger partial charge in [0.05, 0.1) is 0 Å². The molecule has 0 aromatic heterocycles. The first-order chi connectivity index (χ1) is 12.9. The number of alkyl halides is 21. The zero-order valence-electron chi connectivity index (χ0n) is 12.9. The number of rotatable bonds is 4. The fourth-order valence-electron chi connectivity index (χ4n) is 2.20. The van der Waals surface area contributed by atoms with Crippen LogP contribution in [0.1, 0.15) is 0 Å². The van der Waals surface area contributed by atoms with E-state index in [0.29, 0.717) is 0 Å². The normalized spacial score (nSPS) is 16.8. The lowest BCUT2D eigenvalue weighted by Gasteiger charge is -2.51. The highest BCUT2D eigenvalue weighted by molar-refractivity contribution is 5.33. The summed E-state index contributed by atoms with van der Waals surface area (Å²) in [6, 6.07) is 0. The van der Waals surface area contributed by atoms with Gasteiger partial charge >= 0.3 is 48.6 Å². The van der Waals surface area contributed by atoms with Crippen molar-refractivity contribution in [2.24, 2.45) is 5.41 Å². The van der Waals surface area contributed by atoms with Crippen LogP contribution >= 0.6 is 0 Å². The second kappa shape index (κ2) is 7.01. The lowest BCUT2D eigenvalue weighted by molar-refractivity contribution is -0.477. The van der Waals surface area contributed by atoms with Crippen molar-refractivity contribution in [3.8, 4) is 0 Å². The molecule has 0 spiro atoms. The predicted molar refractivity (Wildman–Crippen MR) is 50.8 cm³/mol. The van der Waals surface area contributed by atoms with Crippen molar-refractivity contribution in [2.75, 3.05) is 0 Å². The number of halogens is 21. The molecule has 0 rings (SSSR count). The van der Waals surface area contributed by atoms with Crippen molar-refractivity contribution >= 4 is 0 Å². The number of hydrogen-bond acceptors (Lipinski definition) is 0. The smallest absolute Gasteiger partial charge is 0.195 e. The van der Waals surface area contributed by atoms with Gasteiger partial charge in [-0.05, 0) is 0 Å². The maximum absolute atomic E-state index is 13.4. The van der Waals surface area contributed by atoms with E-state index >= 15 is 0 Å². The Balaban J connectivity index is 8.34. The van der Waals surface area contributed by atoms with Gasteiger partial charge in [0, 0.05) is 0 Å². The SMILES string of the molecule is FC(F)(F)[C](C(F)(F)C(F)(F)F)C(C(F)(F)F)(C(F)(F)C(F)(F)F)C(F)(F)C(F)(F)F. The zero-order chi connectivity index (χ0) is 26.1. The summed E-state index contributed by atoms with van der Waals surface area (Å²) >= 11 is 0. The van der Waals surface area contributed by atoms with Crippen LogP contribution in [-0.2, 0) is 0 Å². The molecular formula is C10F21. The maximum atomic E-state index is 13.4. The molecule has 0 amide bonds. The molecule has 0 aromatic carbocycles. The van der Waals surface area contributed by atoms with Crippen molar-refractivity contribution in [1.82, 2.24) is 0 Å². The van der Waals surface area contributed by atoms with Gasteiger partial charge in [-0.1, -0.05) is 0 Å². The van der Waals surface area contributed by atoms with E-state index in [-0.39, 0.29) is 0 Å². The molecule has 21 heteroatoms. The molecular weight excluding hydrogens is 519 g/mol. The molecule has 31 heavy (non-hydrogen) atoms. The van der Waals surface area contributed by atoms with Gasteiger partial charge in [-0.2, -0.15) is 92.2 Å². The Morgan fingerprint density at radius 1 is 0.323 bits per heavy atom. The van der Waals surface area contributed by atoms with E-state index in [2.05, 4.69) is 0 Å². The van der Waals surface area contributed by atoms with Crippen molar-refractivity contribution in [3.63, 3.8) is 0 Å². The molecule has 0 unspecified atom stereocenters. The van der Waals surface area contributed by atoms with Crippen LogP contribution in [0, 0.1) is 11.3 Å². The quantitative estimate of drug-likeness (QED) is 0.343. The van der Waals surface area contributed by atoms with E-state index in [1.54, 1.807) is 0 Å². The number of hydrogen-bond donors (Lipinski definition) is 0. The summed E-state index contributed by atoms with van der Waals surface area (Å²) in [5, 5.41) is 0. The molecule has 0 saturated carbocycles. The van der Waals surface area contributed by atoms with E-state index in [0.717, 1.165) is 0 Å². The highest BCUT2D eigenvalue weighted by Gasteiger charge is 3.01. The Labute approximate surface area is 153 Å². The summed E-state index contributed by atoms with van der Waals surface area (Å²) in [5.74, 6) is -34.0. The van der Waals surface area contributed by atoms with Crippen LogP contribution in [0.25, 0.3) is 0 Å². The standard InChI is InChI=1S/C10F21/c11-3(12,8(23,24)25)1(4(13,14)15)2(7(20,21)22,5(16,17)9(26,27)28)6(18,19)10(29,30)31. The topological polar surface area (TPSA) is 0 Å². The van der Waals surface area contributed by atoms with Crippen LogP contribution in [0.2, 0.25) is 0 Å². The van der Waals surface area contributed by atoms with Crippen molar-refractivity contribution in [3.05, 3.63) is 5.92 Å². The molecule has 0 N–H and O–H groups in total. The highest BCUT2D eigenvalue weighted by Crippen LogP contribution is 2.75. The van der Waals surface area contributed by atoms with E-state index < -0.39 is 60.0 Å². The fourth-order valence-corrected chi connectivity index (χ4v) is 2.20. The average molecular weight is 519 g/mol. The summed E-state index contributed by atoms with van der Waals surface area (Å²) in [6.45, 7) is 0. The molecule has 0 fully saturated rings. The zero-order valence-corrected chi connectivity index (χ0v) is 12.9. The molecule has 0 aliphatic heterocycles. The van der Waals surface area contributed by atoms with Gasteiger partial charge in [0.25, 0.3) is 0 Å². The molecule has 0 aliphatic rings. The molecule has 0 nitrogen and oxygen atoms in total. The first-order valence-corrected chi connectivity index (χ1v) is 6.22. The van der Waals surface area contributed by atoms with Gasteiger partial charge in [-0.25, -0.2) is 0 Å². The van der Waals surface area contributed by atoms with Crippen LogP contribution in [0.4, 0.5) is 92.2 Å². The maximum Gasteiger partial charge on any atom is 0.454 e. The van der Waals surface area contributed by atoms with Crippen LogP contribution in [0.5, 0.6) is 0 Å². The van der Waals surface area contributed by atoms with E-state index in [4.69, 9.17) is 0 Å². The molecule has 187 valence electrons. The Bertz CT molecular complexity index is 606.